The SMILES string of the molecule is CC[C@H]1CC=CCC1C(=O)[C@@H]1C[C@@H](O)CN1C(=O)[C@@H](N)C(C)(C)C. The highest BCUT2D eigenvalue weighted by atomic mass is 16.3. The Hall–Kier alpha value is -1.20. The van der Waals surface area contributed by atoms with Crippen LogP contribution in [0.15, 0.2) is 12.2 Å². The Bertz CT molecular complexity index is 509. The highest BCUT2D eigenvalue weighted by Gasteiger charge is 2.45. The maximum atomic E-state index is 13.1. The summed E-state index contributed by atoms with van der Waals surface area (Å²) in [5.74, 6) is 0.138. The minimum absolute atomic E-state index is 0.0588. The van der Waals surface area contributed by atoms with Gasteiger partial charge < -0.3 is 15.7 Å². The first-order valence-corrected chi connectivity index (χ1v) is 9.09. The second-order valence-electron chi connectivity index (χ2n) is 8.36. The molecule has 1 aliphatic heterocycles. The van der Waals surface area contributed by atoms with Gasteiger partial charge in [-0.05, 0) is 24.2 Å². The smallest absolute Gasteiger partial charge is 0.240 e. The molecule has 5 nitrogen and oxygen atoms in total. The predicted molar refractivity (Wildman–Crippen MR) is 94.2 cm³/mol. The van der Waals surface area contributed by atoms with Crippen LogP contribution in [0, 0.1) is 17.3 Å². The Labute approximate surface area is 145 Å². The number of nitrogens with two attached hydrogens (primary N) is 1. The van der Waals surface area contributed by atoms with Gasteiger partial charge in [0.25, 0.3) is 0 Å². The minimum Gasteiger partial charge on any atom is -0.391 e. The molecule has 1 heterocycles. The number of nitrogens with zero attached hydrogens (tertiary/aromatic N) is 1. The number of carbonyl (C=O) groups excluding carboxylic acids is 2. The third kappa shape index (κ3) is 3.89. The van der Waals surface area contributed by atoms with Crippen LogP contribution in [-0.2, 0) is 9.59 Å². The normalized spacial score (nSPS) is 32.0. The number of amides is 1. The molecule has 0 radical (unpaired) electrons. The number of rotatable bonds is 4. The quantitative estimate of drug-likeness (QED) is 0.768. The number of ketones is 1. The highest BCUT2D eigenvalue weighted by Crippen LogP contribution is 2.33. The van der Waals surface area contributed by atoms with Gasteiger partial charge >= 0.3 is 0 Å². The lowest BCUT2D eigenvalue weighted by Crippen LogP contribution is -2.54. The van der Waals surface area contributed by atoms with Gasteiger partial charge in [-0.2, -0.15) is 0 Å². The maximum absolute atomic E-state index is 13.1. The molecule has 0 saturated carbocycles. The van der Waals surface area contributed by atoms with Crippen LogP contribution in [0.1, 0.15) is 53.4 Å². The fraction of sp³-hybridized carbons (Fsp3) is 0.789. The third-order valence-corrected chi connectivity index (χ3v) is 5.54. The molecule has 1 unspecified atom stereocenters. The summed E-state index contributed by atoms with van der Waals surface area (Å²) < 4.78 is 0. The van der Waals surface area contributed by atoms with E-state index in [1.165, 1.54) is 4.90 Å². The summed E-state index contributed by atoms with van der Waals surface area (Å²) in [5, 5.41) is 10.1. The van der Waals surface area contributed by atoms with Gasteiger partial charge in [0.2, 0.25) is 5.91 Å². The molecule has 24 heavy (non-hydrogen) atoms. The number of carbonyl (C=O) groups is 2. The molecule has 0 bridgehead atoms. The second-order valence-corrected chi connectivity index (χ2v) is 8.36. The summed E-state index contributed by atoms with van der Waals surface area (Å²) in [7, 11) is 0. The van der Waals surface area contributed by atoms with Crippen molar-refractivity contribution in [2.24, 2.45) is 23.0 Å². The molecule has 5 heteroatoms. The Morgan fingerprint density at radius 2 is 1.92 bits per heavy atom. The minimum atomic E-state index is -0.675. The summed E-state index contributed by atoms with van der Waals surface area (Å²) in [6.07, 6.45) is 6.49. The molecule has 136 valence electrons. The van der Waals surface area contributed by atoms with E-state index >= 15 is 0 Å². The number of likely N-dealkylation sites (tertiary alicyclic amines) is 1. The number of allylic oxidation sites excluding steroid dienone is 2. The molecule has 0 aromatic rings. The van der Waals surface area contributed by atoms with Crippen LogP contribution >= 0.6 is 0 Å². The van der Waals surface area contributed by atoms with Crippen molar-refractivity contribution in [3.05, 3.63) is 12.2 Å². The lowest BCUT2D eigenvalue weighted by atomic mass is 9.76. The fourth-order valence-electron chi connectivity index (χ4n) is 3.79. The van der Waals surface area contributed by atoms with E-state index in [-0.39, 0.29) is 29.6 Å². The fourth-order valence-corrected chi connectivity index (χ4v) is 3.79. The van der Waals surface area contributed by atoms with Crippen molar-refractivity contribution in [1.82, 2.24) is 4.90 Å². The van der Waals surface area contributed by atoms with E-state index in [1.807, 2.05) is 20.8 Å². The number of hydrogen-bond donors (Lipinski definition) is 2. The molecule has 0 aromatic carbocycles. The summed E-state index contributed by atoms with van der Waals surface area (Å²) in [6, 6.07) is -1.21. The molecular formula is C19H32N2O3. The number of β-amino-alcohol motifs (C(OH)–C–C–N with tert-alkyl or cyclic N) is 1. The van der Waals surface area contributed by atoms with Gasteiger partial charge in [0.05, 0.1) is 18.2 Å². The molecule has 0 spiro atoms. The van der Waals surface area contributed by atoms with Crippen LogP contribution in [0.5, 0.6) is 0 Å². The van der Waals surface area contributed by atoms with E-state index in [9.17, 15) is 14.7 Å². The molecule has 3 N–H and O–H groups in total. The lowest BCUT2D eigenvalue weighted by molar-refractivity contribution is -0.142. The van der Waals surface area contributed by atoms with Gasteiger partial charge in [-0.25, -0.2) is 0 Å². The first-order chi connectivity index (χ1) is 11.2. The topological polar surface area (TPSA) is 83.6 Å². The number of aliphatic hydroxyl groups is 1. The molecule has 1 aliphatic carbocycles. The van der Waals surface area contributed by atoms with Crippen molar-refractivity contribution in [3.63, 3.8) is 0 Å². The average Bonchev–Trinajstić information content (AvgIpc) is 2.93. The maximum Gasteiger partial charge on any atom is 0.240 e. The zero-order chi connectivity index (χ0) is 18.1. The number of hydrogen-bond acceptors (Lipinski definition) is 4. The molecule has 0 aromatic heterocycles. The highest BCUT2D eigenvalue weighted by molar-refractivity contribution is 5.93. The second kappa shape index (κ2) is 7.36. The Balaban J connectivity index is 2.19. The van der Waals surface area contributed by atoms with E-state index in [0.29, 0.717) is 12.3 Å². The van der Waals surface area contributed by atoms with Crippen molar-refractivity contribution in [1.29, 1.82) is 0 Å². The third-order valence-electron chi connectivity index (χ3n) is 5.54. The molecule has 5 atom stereocenters. The van der Waals surface area contributed by atoms with E-state index in [4.69, 9.17) is 5.73 Å². The Morgan fingerprint density at radius 3 is 2.50 bits per heavy atom. The van der Waals surface area contributed by atoms with Gasteiger partial charge in [0.15, 0.2) is 5.78 Å². The van der Waals surface area contributed by atoms with Crippen LogP contribution in [-0.4, -0.2) is 46.4 Å². The van der Waals surface area contributed by atoms with Crippen LogP contribution in [0.3, 0.4) is 0 Å². The van der Waals surface area contributed by atoms with Crippen LogP contribution in [0.2, 0.25) is 0 Å². The van der Waals surface area contributed by atoms with Gasteiger partial charge in [0.1, 0.15) is 0 Å². The van der Waals surface area contributed by atoms with Crippen molar-refractivity contribution < 1.29 is 14.7 Å². The Morgan fingerprint density at radius 1 is 1.29 bits per heavy atom. The van der Waals surface area contributed by atoms with E-state index < -0.39 is 18.2 Å². The van der Waals surface area contributed by atoms with Crippen molar-refractivity contribution in [2.45, 2.75) is 71.6 Å². The van der Waals surface area contributed by atoms with E-state index in [1.54, 1.807) is 0 Å². The standard InChI is InChI=1S/C19H32N2O3/c1-5-12-8-6-7-9-14(12)16(23)15-10-13(22)11-21(15)18(24)17(20)19(2,3)4/h6-7,12-15,17,22H,5,8-11,20H2,1-4H3/t12-,13+,14?,15-,17+/m0/s1. The lowest BCUT2D eigenvalue weighted by Gasteiger charge is -2.35. The van der Waals surface area contributed by atoms with Crippen LogP contribution in [0.4, 0.5) is 0 Å². The summed E-state index contributed by atoms with van der Waals surface area (Å²) in [5.41, 5.74) is 5.74. The van der Waals surface area contributed by atoms with Gasteiger partial charge in [-0.3, -0.25) is 9.59 Å². The Kier molecular flexibility index (Phi) is 5.87. The summed E-state index contributed by atoms with van der Waals surface area (Å²) in [6.45, 7) is 8.05. The van der Waals surface area contributed by atoms with Crippen molar-refractivity contribution >= 4 is 11.7 Å². The summed E-state index contributed by atoms with van der Waals surface area (Å²) in [4.78, 5) is 27.5. The molecule has 1 amide bonds. The van der Waals surface area contributed by atoms with Gasteiger partial charge in [0, 0.05) is 18.9 Å². The van der Waals surface area contributed by atoms with Crippen molar-refractivity contribution in [2.75, 3.05) is 6.54 Å². The zero-order valence-electron chi connectivity index (χ0n) is 15.4. The molecular weight excluding hydrogens is 304 g/mol. The molecule has 2 aliphatic rings. The number of aliphatic hydroxyl groups excluding tert-OH is 1. The van der Waals surface area contributed by atoms with Crippen molar-refractivity contribution in [3.8, 4) is 0 Å². The first kappa shape index (κ1) is 19.1. The average molecular weight is 336 g/mol. The van der Waals surface area contributed by atoms with Gasteiger partial charge in [-0.1, -0.05) is 46.3 Å². The molecule has 2 rings (SSSR count). The van der Waals surface area contributed by atoms with Gasteiger partial charge in [-0.15, -0.1) is 0 Å². The van der Waals surface area contributed by atoms with E-state index in [0.717, 1.165) is 19.3 Å². The van der Waals surface area contributed by atoms with Crippen LogP contribution < -0.4 is 5.73 Å². The monoisotopic (exact) mass is 336 g/mol. The molecule has 1 saturated heterocycles. The first-order valence-electron chi connectivity index (χ1n) is 9.09. The largest absolute Gasteiger partial charge is 0.391 e. The predicted octanol–water partition coefficient (Wildman–Crippen LogP) is 1.88. The van der Waals surface area contributed by atoms with E-state index in [2.05, 4.69) is 19.1 Å². The molecule has 1 fully saturated rings. The summed E-state index contributed by atoms with van der Waals surface area (Å²) >= 11 is 0. The van der Waals surface area contributed by atoms with Crippen LogP contribution in [0.25, 0.3) is 0 Å². The zero-order valence-corrected chi connectivity index (χ0v) is 15.4. The number of Topliss-reactive ketones (excluding diaryl/α,β-unsaturated/α-hetero) is 1.